The van der Waals surface area contributed by atoms with Crippen LogP contribution in [0.5, 0.6) is 0 Å². The van der Waals surface area contributed by atoms with Crippen LogP contribution < -0.4 is 0 Å². The van der Waals surface area contributed by atoms with Crippen LogP contribution in [-0.4, -0.2) is 36.0 Å². The molecule has 15 heavy (non-hydrogen) atoms. The highest BCUT2D eigenvalue weighted by atomic mass is 19.4. The van der Waals surface area contributed by atoms with Gasteiger partial charge in [-0.05, 0) is 12.8 Å². The number of rotatable bonds is 5. The van der Waals surface area contributed by atoms with Crippen molar-refractivity contribution in [3.8, 4) is 0 Å². The molecule has 0 aromatic rings. The molecule has 0 bridgehead atoms. The summed E-state index contributed by atoms with van der Waals surface area (Å²) < 4.78 is 64.6. The summed E-state index contributed by atoms with van der Waals surface area (Å²) in [7, 11) is 0. The summed E-state index contributed by atoms with van der Waals surface area (Å²) in [5, 5.41) is 8.51. The quantitative estimate of drug-likeness (QED) is 0.583. The molecule has 1 fully saturated rings. The summed E-state index contributed by atoms with van der Waals surface area (Å²) in [5.41, 5.74) is 0. The van der Waals surface area contributed by atoms with Gasteiger partial charge in [0.15, 0.2) is 0 Å². The van der Waals surface area contributed by atoms with E-state index in [-0.39, 0.29) is 31.7 Å². The molecule has 0 aromatic heterocycles. The highest BCUT2D eigenvalue weighted by Gasteiger charge is 2.56. The van der Waals surface area contributed by atoms with Gasteiger partial charge >= 0.3 is 12.1 Å². The molecule has 0 amide bonds. The topological polar surface area (TPSA) is 32.8 Å². The van der Waals surface area contributed by atoms with Crippen LogP contribution in [0.25, 0.3) is 0 Å². The molecule has 0 unspecified atom stereocenters. The number of epoxide rings is 1. The Hall–Kier alpha value is -0.430. The van der Waals surface area contributed by atoms with Crippen molar-refractivity contribution in [1.29, 1.82) is 0 Å². The molecule has 2 nitrogen and oxygen atoms in total. The van der Waals surface area contributed by atoms with E-state index in [2.05, 4.69) is 0 Å². The number of hydrogen-bond donors (Lipinski definition) is 1. The molecule has 0 aromatic carbocycles. The first-order valence-electron chi connectivity index (χ1n) is 4.49. The second kappa shape index (κ2) is 4.21. The predicted molar refractivity (Wildman–Crippen MR) is 40.6 cm³/mol. The fourth-order valence-corrected chi connectivity index (χ4v) is 1.26. The Morgan fingerprint density at radius 3 is 2.07 bits per heavy atom. The molecule has 1 aliphatic heterocycles. The molecule has 1 N–H and O–H groups in total. The van der Waals surface area contributed by atoms with Gasteiger partial charge in [-0.3, -0.25) is 0 Å². The number of halogens is 5. The first kappa shape index (κ1) is 12.6. The second-order valence-corrected chi connectivity index (χ2v) is 3.49. The minimum atomic E-state index is -5.48. The first-order chi connectivity index (χ1) is 6.78. The van der Waals surface area contributed by atoms with E-state index in [0.29, 0.717) is 0 Å². The molecule has 7 heteroatoms. The SMILES string of the molecule is OC[C@H]1O[C@@H]1CCCC(F)(F)C(F)(F)F. The van der Waals surface area contributed by atoms with Gasteiger partial charge in [0, 0.05) is 6.42 Å². The zero-order valence-electron chi connectivity index (χ0n) is 7.73. The molecule has 1 aliphatic rings. The van der Waals surface area contributed by atoms with Crippen LogP contribution in [0.1, 0.15) is 19.3 Å². The van der Waals surface area contributed by atoms with E-state index in [4.69, 9.17) is 9.84 Å². The van der Waals surface area contributed by atoms with Crippen LogP contribution in [0.4, 0.5) is 22.0 Å². The Labute approximate surface area is 83.0 Å². The van der Waals surface area contributed by atoms with Crippen LogP contribution in [0, 0.1) is 0 Å². The first-order valence-corrected chi connectivity index (χ1v) is 4.49. The predicted octanol–water partition coefficient (Wildman–Crippen LogP) is 2.11. The van der Waals surface area contributed by atoms with Crippen LogP contribution in [0.3, 0.4) is 0 Å². The number of hydrogen-bond acceptors (Lipinski definition) is 2. The second-order valence-electron chi connectivity index (χ2n) is 3.49. The molecule has 0 radical (unpaired) electrons. The summed E-state index contributed by atoms with van der Waals surface area (Å²) >= 11 is 0. The van der Waals surface area contributed by atoms with E-state index in [1.54, 1.807) is 0 Å². The summed E-state index contributed by atoms with van der Waals surface area (Å²) in [6, 6.07) is 0. The van der Waals surface area contributed by atoms with Crippen LogP contribution in [0.15, 0.2) is 0 Å². The van der Waals surface area contributed by atoms with E-state index in [1.807, 2.05) is 0 Å². The zero-order valence-corrected chi connectivity index (χ0v) is 7.73. The van der Waals surface area contributed by atoms with Crippen molar-refractivity contribution < 1.29 is 31.8 Å². The Balaban J connectivity index is 2.20. The van der Waals surface area contributed by atoms with Gasteiger partial charge in [0.2, 0.25) is 0 Å². The average molecular weight is 234 g/mol. The Morgan fingerprint density at radius 1 is 1.07 bits per heavy atom. The van der Waals surface area contributed by atoms with Gasteiger partial charge < -0.3 is 9.84 Å². The number of aliphatic hydroxyl groups is 1. The van der Waals surface area contributed by atoms with Gasteiger partial charge in [-0.1, -0.05) is 0 Å². The van der Waals surface area contributed by atoms with Crippen molar-refractivity contribution in [1.82, 2.24) is 0 Å². The smallest absolute Gasteiger partial charge is 0.394 e. The standard InChI is InChI=1S/C8H11F5O2/c9-7(10,8(11,12)13)3-1-2-5-6(4-14)15-5/h5-6,14H,1-4H2/t5-,6-/m1/s1. The molecule has 0 aliphatic carbocycles. The van der Waals surface area contributed by atoms with Gasteiger partial charge in [-0.25, -0.2) is 0 Å². The van der Waals surface area contributed by atoms with E-state index in [1.165, 1.54) is 0 Å². The molecular weight excluding hydrogens is 223 g/mol. The normalized spacial score (nSPS) is 26.8. The lowest BCUT2D eigenvalue weighted by atomic mass is 10.1. The third kappa shape index (κ3) is 3.27. The summed E-state index contributed by atoms with van der Waals surface area (Å²) in [5.74, 6) is -4.63. The van der Waals surface area contributed by atoms with Crippen molar-refractivity contribution in [3.63, 3.8) is 0 Å². The molecule has 1 saturated heterocycles. The highest BCUT2D eigenvalue weighted by Crippen LogP contribution is 2.40. The fourth-order valence-electron chi connectivity index (χ4n) is 1.26. The fraction of sp³-hybridized carbons (Fsp3) is 1.00. The summed E-state index contributed by atoms with van der Waals surface area (Å²) in [6.45, 7) is -0.222. The van der Waals surface area contributed by atoms with Gasteiger partial charge in [0.05, 0.1) is 12.7 Å². The maximum Gasteiger partial charge on any atom is 0.453 e. The van der Waals surface area contributed by atoms with E-state index in [9.17, 15) is 22.0 Å². The molecule has 1 rings (SSSR count). The minimum absolute atomic E-state index is 0.122. The zero-order chi connectivity index (χ0) is 11.7. The summed E-state index contributed by atoms with van der Waals surface area (Å²) in [4.78, 5) is 0. The maximum atomic E-state index is 12.4. The van der Waals surface area contributed by atoms with Crippen molar-refractivity contribution >= 4 is 0 Å². The molecule has 0 saturated carbocycles. The molecule has 90 valence electrons. The van der Waals surface area contributed by atoms with Crippen LogP contribution in [-0.2, 0) is 4.74 Å². The number of ether oxygens (including phenoxy) is 1. The van der Waals surface area contributed by atoms with Gasteiger partial charge in [-0.15, -0.1) is 0 Å². The third-order valence-corrected chi connectivity index (χ3v) is 2.26. The largest absolute Gasteiger partial charge is 0.453 e. The van der Waals surface area contributed by atoms with E-state index < -0.39 is 18.5 Å². The van der Waals surface area contributed by atoms with Crippen molar-refractivity contribution in [2.45, 2.75) is 43.6 Å². The van der Waals surface area contributed by atoms with Crippen LogP contribution in [0.2, 0.25) is 0 Å². The van der Waals surface area contributed by atoms with E-state index >= 15 is 0 Å². The molecule has 1 heterocycles. The monoisotopic (exact) mass is 234 g/mol. The number of alkyl halides is 5. The molecule has 0 spiro atoms. The lowest BCUT2D eigenvalue weighted by Crippen LogP contribution is -2.36. The summed E-state index contributed by atoms with van der Waals surface area (Å²) in [6.07, 6.45) is -7.60. The van der Waals surface area contributed by atoms with Crippen molar-refractivity contribution in [3.05, 3.63) is 0 Å². The number of aliphatic hydroxyl groups excluding tert-OH is 1. The van der Waals surface area contributed by atoms with Crippen molar-refractivity contribution in [2.75, 3.05) is 6.61 Å². The van der Waals surface area contributed by atoms with Crippen LogP contribution >= 0.6 is 0 Å². The molecule has 2 atom stereocenters. The Kier molecular flexibility index (Phi) is 3.55. The lowest BCUT2D eigenvalue weighted by molar-refractivity contribution is -0.284. The van der Waals surface area contributed by atoms with Gasteiger partial charge in [-0.2, -0.15) is 22.0 Å². The Morgan fingerprint density at radius 2 is 1.67 bits per heavy atom. The average Bonchev–Trinajstić information content (AvgIpc) is 2.81. The highest BCUT2D eigenvalue weighted by molar-refractivity contribution is 4.85. The van der Waals surface area contributed by atoms with Gasteiger partial charge in [0.1, 0.15) is 6.10 Å². The van der Waals surface area contributed by atoms with Crippen molar-refractivity contribution in [2.24, 2.45) is 0 Å². The van der Waals surface area contributed by atoms with Gasteiger partial charge in [0.25, 0.3) is 0 Å². The third-order valence-electron chi connectivity index (χ3n) is 2.26. The lowest BCUT2D eigenvalue weighted by Gasteiger charge is -2.18. The Bertz CT molecular complexity index is 216. The minimum Gasteiger partial charge on any atom is -0.394 e. The van der Waals surface area contributed by atoms with E-state index in [0.717, 1.165) is 0 Å². The molecular formula is C8H11F5O2. The maximum absolute atomic E-state index is 12.4.